The lowest BCUT2D eigenvalue weighted by molar-refractivity contribution is -0.119. The zero-order chi connectivity index (χ0) is 22.6. The van der Waals surface area contributed by atoms with Gasteiger partial charge in [0.15, 0.2) is 5.13 Å². The molecule has 1 aliphatic heterocycles. The van der Waals surface area contributed by atoms with E-state index in [9.17, 15) is 4.79 Å². The van der Waals surface area contributed by atoms with E-state index in [1.807, 2.05) is 49.4 Å². The molecule has 2 aromatic heterocycles. The quantitative estimate of drug-likeness (QED) is 0.395. The standard InChI is InChI=1S/C23H26N6O3S/c1-2-32-17-7-8-19-21(15-17)33-23(24-19)28(10-9-27-11-13-31-14-12-27)22(30)16-29-20-6-4-3-5-18(20)25-26-29/h3-8,15H,2,9-14,16H2,1H3. The lowest BCUT2D eigenvalue weighted by Gasteiger charge is -2.29. The topological polar surface area (TPSA) is 85.6 Å². The molecule has 0 atom stereocenters. The van der Waals surface area contributed by atoms with Crippen LogP contribution >= 0.6 is 11.3 Å². The fraction of sp³-hybridized carbons (Fsp3) is 0.391. The molecule has 0 spiro atoms. The number of fused-ring (bicyclic) bond motifs is 2. The van der Waals surface area contributed by atoms with Crippen molar-refractivity contribution in [2.75, 3.05) is 50.9 Å². The predicted octanol–water partition coefficient (Wildman–Crippen LogP) is 2.81. The molecule has 0 aliphatic carbocycles. The van der Waals surface area contributed by atoms with Gasteiger partial charge in [-0.3, -0.25) is 14.6 Å². The van der Waals surface area contributed by atoms with E-state index >= 15 is 0 Å². The van der Waals surface area contributed by atoms with Crippen LogP contribution in [-0.4, -0.2) is 76.8 Å². The number of rotatable bonds is 8. The summed E-state index contributed by atoms with van der Waals surface area (Å²) in [7, 11) is 0. The summed E-state index contributed by atoms with van der Waals surface area (Å²) in [6.45, 7) is 7.15. The SMILES string of the molecule is CCOc1ccc2nc(N(CCN3CCOCC3)C(=O)Cn3nnc4ccccc43)sc2c1. The molecular weight excluding hydrogens is 440 g/mol. The van der Waals surface area contributed by atoms with Gasteiger partial charge in [0.05, 0.1) is 35.6 Å². The van der Waals surface area contributed by atoms with Gasteiger partial charge in [-0.05, 0) is 37.3 Å². The molecule has 4 aromatic rings. The number of anilines is 1. The fourth-order valence-corrected chi connectivity index (χ4v) is 4.94. The molecule has 0 unspecified atom stereocenters. The molecule has 1 fully saturated rings. The van der Waals surface area contributed by atoms with E-state index in [1.165, 1.54) is 11.3 Å². The van der Waals surface area contributed by atoms with Gasteiger partial charge in [-0.25, -0.2) is 9.67 Å². The Hall–Kier alpha value is -3.08. The molecule has 3 heterocycles. The van der Waals surface area contributed by atoms with Gasteiger partial charge < -0.3 is 9.47 Å². The molecule has 9 nitrogen and oxygen atoms in total. The normalized spacial score (nSPS) is 14.7. The third kappa shape index (κ3) is 4.82. The number of nitrogens with zero attached hydrogens (tertiary/aromatic N) is 6. The molecule has 172 valence electrons. The van der Waals surface area contributed by atoms with Crippen molar-refractivity contribution in [3.8, 4) is 5.75 Å². The number of thiazole rings is 1. The van der Waals surface area contributed by atoms with Gasteiger partial charge in [0.25, 0.3) is 5.91 Å². The van der Waals surface area contributed by atoms with Crippen molar-refractivity contribution in [1.29, 1.82) is 0 Å². The zero-order valence-corrected chi connectivity index (χ0v) is 19.3. The second-order valence-electron chi connectivity index (χ2n) is 7.79. The number of carbonyl (C=O) groups is 1. The minimum absolute atomic E-state index is 0.0667. The molecule has 5 rings (SSSR count). The van der Waals surface area contributed by atoms with Crippen LogP contribution in [-0.2, 0) is 16.1 Å². The first-order chi connectivity index (χ1) is 16.2. The van der Waals surface area contributed by atoms with E-state index in [1.54, 1.807) is 9.58 Å². The van der Waals surface area contributed by atoms with Gasteiger partial charge in [-0.15, -0.1) is 5.10 Å². The number of morpholine rings is 1. The summed E-state index contributed by atoms with van der Waals surface area (Å²) in [5, 5.41) is 9.05. The van der Waals surface area contributed by atoms with Gasteiger partial charge >= 0.3 is 0 Å². The van der Waals surface area contributed by atoms with Gasteiger partial charge in [0.1, 0.15) is 17.8 Å². The molecule has 33 heavy (non-hydrogen) atoms. The second kappa shape index (κ2) is 9.82. The maximum absolute atomic E-state index is 13.5. The Balaban J connectivity index is 1.41. The monoisotopic (exact) mass is 466 g/mol. The van der Waals surface area contributed by atoms with E-state index in [0.29, 0.717) is 18.3 Å². The zero-order valence-electron chi connectivity index (χ0n) is 18.5. The Morgan fingerprint density at radius 2 is 2.03 bits per heavy atom. The number of aromatic nitrogens is 4. The Morgan fingerprint density at radius 1 is 1.18 bits per heavy atom. The molecular formula is C23H26N6O3S. The van der Waals surface area contributed by atoms with Gasteiger partial charge in [-0.1, -0.05) is 28.7 Å². The summed E-state index contributed by atoms with van der Waals surface area (Å²) in [4.78, 5) is 22.4. The van der Waals surface area contributed by atoms with Crippen LogP contribution in [0.3, 0.4) is 0 Å². The Morgan fingerprint density at radius 3 is 2.88 bits per heavy atom. The Labute approximate surface area is 195 Å². The molecule has 0 radical (unpaired) electrons. The van der Waals surface area contributed by atoms with Gasteiger partial charge in [0.2, 0.25) is 0 Å². The number of hydrogen-bond acceptors (Lipinski definition) is 8. The fourth-order valence-electron chi connectivity index (χ4n) is 3.91. The van der Waals surface area contributed by atoms with Gasteiger partial charge in [0, 0.05) is 26.2 Å². The molecule has 0 bridgehead atoms. The average Bonchev–Trinajstić information content (AvgIpc) is 3.44. The van der Waals surface area contributed by atoms with Crippen LogP contribution in [0.2, 0.25) is 0 Å². The van der Waals surface area contributed by atoms with Crippen LogP contribution in [0.5, 0.6) is 5.75 Å². The predicted molar refractivity (Wildman–Crippen MR) is 128 cm³/mol. The first kappa shape index (κ1) is 21.7. The summed E-state index contributed by atoms with van der Waals surface area (Å²) < 4.78 is 13.7. The maximum atomic E-state index is 13.5. The third-order valence-electron chi connectivity index (χ3n) is 5.64. The van der Waals surface area contributed by atoms with Crippen molar-refractivity contribution in [3.63, 3.8) is 0 Å². The summed E-state index contributed by atoms with van der Waals surface area (Å²) >= 11 is 1.50. The molecule has 0 N–H and O–H groups in total. The summed E-state index contributed by atoms with van der Waals surface area (Å²) in [6.07, 6.45) is 0. The van der Waals surface area contributed by atoms with Crippen molar-refractivity contribution in [3.05, 3.63) is 42.5 Å². The number of para-hydroxylation sites is 1. The molecule has 0 saturated carbocycles. The highest BCUT2D eigenvalue weighted by atomic mass is 32.1. The highest BCUT2D eigenvalue weighted by Crippen LogP contribution is 2.32. The highest BCUT2D eigenvalue weighted by molar-refractivity contribution is 7.22. The minimum atomic E-state index is -0.0667. The van der Waals surface area contributed by atoms with E-state index < -0.39 is 0 Å². The van der Waals surface area contributed by atoms with E-state index in [0.717, 1.165) is 59.8 Å². The number of hydrogen-bond donors (Lipinski definition) is 0. The largest absolute Gasteiger partial charge is 0.494 e. The number of benzene rings is 2. The van der Waals surface area contributed by atoms with Crippen molar-refractivity contribution in [2.24, 2.45) is 0 Å². The number of ether oxygens (including phenoxy) is 2. The van der Waals surface area contributed by atoms with E-state index in [2.05, 4.69) is 15.2 Å². The van der Waals surface area contributed by atoms with Crippen molar-refractivity contribution >= 4 is 43.6 Å². The summed E-state index contributed by atoms with van der Waals surface area (Å²) in [5.41, 5.74) is 2.46. The van der Waals surface area contributed by atoms with Crippen molar-refractivity contribution in [1.82, 2.24) is 24.9 Å². The van der Waals surface area contributed by atoms with Gasteiger partial charge in [-0.2, -0.15) is 0 Å². The van der Waals surface area contributed by atoms with Crippen LogP contribution < -0.4 is 9.64 Å². The smallest absolute Gasteiger partial charge is 0.250 e. The highest BCUT2D eigenvalue weighted by Gasteiger charge is 2.23. The maximum Gasteiger partial charge on any atom is 0.250 e. The van der Waals surface area contributed by atoms with Crippen molar-refractivity contribution in [2.45, 2.75) is 13.5 Å². The van der Waals surface area contributed by atoms with E-state index in [-0.39, 0.29) is 12.5 Å². The Kier molecular flexibility index (Phi) is 6.47. The minimum Gasteiger partial charge on any atom is -0.494 e. The van der Waals surface area contributed by atoms with Crippen LogP contribution in [0.15, 0.2) is 42.5 Å². The Bertz CT molecular complexity index is 1250. The molecule has 10 heteroatoms. The lowest BCUT2D eigenvalue weighted by Crippen LogP contribution is -2.44. The molecule has 1 aliphatic rings. The first-order valence-corrected chi connectivity index (χ1v) is 11.9. The van der Waals surface area contributed by atoms with Crippen LogP contribution in [0.25, 0.3) is 21.3 Å². The third-order valence-corrected chi connectivity index (χ3v) is 6.68. The number of amides is 1. The first-order valence-electron chi connectivity index (χ1n) is 11.1. The summed E-state index contributed by atoms with van der Waals surface area (Å²) in [6, 6.07) is 13.5. The van der Waals surface area contributed by atoms with Crippen LogP contribution in [0.1, 0.15) is 6.92 Å². The lowest BCUT2D eigenvalue weighted by atomic mass is 10.3. The number of carbonyl (C=O) groups excluding carboxylic acids is 1. The molecule has 2 aromatic carbocycles. The second-order valence-corrected chi connectivity index (χ2v) is 8.80. The van der Waals surface area contributed by atoms with Crippen LogP contribution in [0.4, 0.5) is 5.13 Å². The van der Waals surface area contributed by atoms with Crippen LogP contribution in [0, 0.1) is 0 Å². The molecule has 1 saturated heterocycles. The van der Waals surface area contributed by atoms with Crippen molar-refractivity contribution < 1.29 is 14.3 Å². The van der Waals surface area contributed by atoms with E-state index in [4.69, 9.17) is 14.5 Å². The average molecular weight is 467 g/mol. The molecule has 1 amide bonds. The summed E-state index contributed by atoms with van der Waals surface area (Å²) in [5.74, 6) is 0.739.